The second-order valence-corrected chi connectivity index (χ2v) is 22.9. The quantitative estimate of drug-likeness (QED) is 0.148. The summed E-state index contributed by atoms with van der Waals surface area (Å²) in [6.45, 7) is 39.5. The zero-order chi connectivity index (χ0) is 48.5. The van der Waals surface area contributed by atoms with E-state index in [0.29, 0.717) is 0 Å². The Morgan fingerprint density at radius 2 is 0.359 bits per heavy atom. The molecule has 0 bridgehead atoms. The lowest BCUT2D eigenvalue weighted by molar-refractivity contribution is 0.368. The first-order valence-corrected chi connectivity index (χ1v) is 23.1. The lowest BCUT2D eigenvalue weighted by Gasteiger charge is -2.19. The molecule has 0 saturated heterocycles. The summed E-state index contributed by atoms with van der Waals surface area (Å²) in [5.74, 6) is 0. The minimum absolute atomic E-state index is 0.134. The Morgan fingerprint density at radius 1 is 0.250 bits per heavy atom. The standard InChI is InChI=1S/3C18H24N2.H3O3P/c3*1-17(2,3)13-7-9-15(19-11-13)16-10-8-14(12-20-16)18(4,5)6;1-4(2)3/h3*7-12H,1-6H3;1-3H. The van der Waals surface area contributed by atoms with Gasteiger partial charge in [0.2, 0.25) is 0 Å². The number of nitrogens with zero attached hydrogens (tertiary/aromatic N) is 6. The van der Waals surface area contributed by atoms with Crippen LogP contribution in [0, 0.1) is 0 Å². The topological polar surface area (TPSA) is 138 Å². The van der Waals surface area contributed by atoms with Gasteiger partial charge in [0.1, 0.15) is 0 Å². The predicted octanol–water partition coefficient (Wildman–Crippen LogP) is 13.4. The number of hydrogen-bond donors (Lipinski definition) is 3. The molecule has 0 aliphatic rings. The van der Waals surface area contributed by atoms with Crippen molar-refractivity contribution in [3.8, 4) is 34.2 Å². The second-order valence-electron chi connectivity index (χ2n) is 22.4. The highest BCUT2D eigenvalue weighted by Crippen LogP contribution is 2.29. The average molecular weight is 887 g/mol. The zero-order valence-corrected chi connectivity index (χ0v) is 42.8. The Kier molecular flexibility index (Phi) is 18.0. The summed E-state index contributed by atoms with van der Waals surface area (Å²) in [5.41, 5.74) is 13.8. The Balaban J connectivity index is 0.000000244. The molecule has 6 aromatic rings. The molecule has 0 spiro atoms. The van der Waals surface area contributed by atoms with E-state index in [0.717, 1.165) is 34.2 Å². The van der Waals surface area contributed by atoms with Crippen LogP contribution in [0.15, 0.2) is 110 Å². The summed E-state index contributed by atoms with van der Waals surface area (Å²) in [6.07, 6.45) is 11.7. The molecule has 344 valence electrons. The molecule has 64 heavy (non-hydrogen) atoms. The van der Waals surface area contributed by atoms with Crippen molar-refractivity contribution in [2.45, 2.75) is 157 Å². The van der Waals surface area contributed by atoms with E-state index in [9.17, 15) is 0 Å². The Labute approximate surface area is 386 Å². The predicted molar refractivity (Wildman–Crippen MR) is 268 cm³/mol. The Morgan fingerprint density at radius 3 is 0.422 bits per heavy atom. The molecule has 0 aromatic carbocycles. The van der Waals surface area contributed by atoms with Gasteiger partial charge in [-0.15, -0.1) is 0 Å². The van der Waals surface area contributed by atoms with Crippen LogP contribution in [0.2, 0.25) is 0 Å². The third-order valence-corrected chi connectivity index (χ3v) is 10.6. The van der Waals surface area contributed by atoms with Gasteiger partial charge in [-0.25, -0.2) is 0 Å². The van der Waals surface area contributed by atoms with E-state index >= 15 is 0 Å². The molecule has 0 unspecified atom stereocenters. The smallest absolute Gasteiger partial charge is 0.324 e. The minimum atomic E-state index is -2.62. The number of pyridine rings is 6. The summed E-state index contributed by atoms with van der Waals surface area (Å²) in [5, 5.41) is 0. The third kappa shape index (κ3) is 17.0. The molecular formula is C54H75N6O3P. The van der Waals surface area contributed by atoms with Crippen LogP contribution in [0.1, 0.15) is 158 Å². The number of aromatic nitrogens is 6. The normalized spacial score (nSPS) is 12.3. The minimum Gasteiger partial charge on any atom is -0.328 e. The fraction of sp³-hybridized carbons (Fsp3) is 0.444. The van der Waals surface area contributed by atoms with Crippen LogP contribution in [0.25, 0.3) is 34.2 Å². The molecule has 0 fully saturated rings. The van der Waals surface area contributed by atoms with Crippen molar-refractivity contribution in [1.82, 2.24) is 29.9 Å². The summed E-state index contributed by atoms with van der Waals surface area (Å²) in [4.78, 5) is 49.0. The maximum Gasteiger partial charge on any atom is 0.324 e. The first kappa shape index (κ1) is 53.5. The fourth-order valence-electron chi connectivity index (χ4n) is 5.93. The summed E-state index contributed by atoms with van der Waals surface area (Å²) >= 11 is 0. The van der Waals surface area contributed by atoms with E-state index in [1.54, 1.807) is 0 Å². The van der Waals surface area contributed by atoms with Crippen molar-refractivity contribution in [1.29, 1.82) is 0 Å². The molecule has 6 heterocycles. The van der Waals surface area contributed by atoms with Crippen LogP contribution in [0.5, 0.6) is 0 Å². The molecule has 0 atom stereocenters. The maximum atomic E-state index is 7.23. The molecule has 0 aliphatic heterocycles. The van der Waals surface area contributed by atoms with Crippen molar-refractivity contribution in [2.24, 2.45) is 0 Å². The third-order valence-electron chi connectivity index (χ3n) is 10.6. The average Bonchev–Trinajstić information content (AvgIpc) is 3.19. The lowest BCUT2D eigenvalue weighted by atomic mass is 9.88. The van der Waals surface area contributed by atoms with Crippen molar-refractivity contribution in [3.05, 3.63) is 143 Å². The van der Waals surface area contributed by atoms with Gasteiger partial charge in [0.15, 0.2) is 0 Å². The number of hydrogen-bond acceptors (Lipinski definition) is 9. The van der Waals surface area contributed by atoms with E-state index in [4.69, 9.17) is 14.7 Å². The van der Waals surface area contributed by atoms with Crippen LogP contribution in [-0.2, 0) is 32.5 Å². The van der Waals surface area contributed by atoms with Gasteiger partial charge in [-0.2, -0.15) is 0 Å². The van der Waals surface area contributed by atoms with Crippen molar-refractivity contribution < 1.29 is 14.7 Å². The van der Waals surface area contributed by atoms with Gasteiger partial charge in [0.05, 0.1) is 34.2 Å². The van der Waals surface area contributed by atoms with Crippen LogP contribution < -0.4 is 0 Å². The second kappa shape index (κ2) is 21.5. The zero-order valence-electron chi connectivity index (χ0n) is 41.9. The Hall–Kier alpha value is -4.79. The highest BCUT2D eigenvalue weighted by atomic mass is 31.2. The first-order valence-electron chi connectivity index (χ1n) is 21.9. The van der Waals surface area contributed by atoms with E-state index in [1.165, 1.54) is 33.4 Å². The summed E-state index contributed by atoms with van der Waals surface area (Å²) in [7, 11) is -2.62. The molecule has 3 N–H and O–H groups in total. The molecule has 0 radical (unpaired) electrons. The van der Waals surface area contributed by atoms with Crippen LogP contribution in [0.3, 0.4) is 0 Å². The highest BCUT2D eigenvalue weighted by molar-refractivity contribution is 7.38. The van der Waals surface area contributed by atoms with E-state index in [1.807, 2.05) is 37.2 Å². The molecule has 10 heteroatoms. The van der Waals surface area contributed by atoms with E-state index in [2.05, 4.69) is 227 Å². The van der Waals surface area contributed by atoms with Crippen LogP contribution in [0.4, 0.5) is 0 Å². The molecule has 0 aliphatic carbocycles. The summed E-state index contributed by atoms with van der Waals surface area (Å²) < 4.78 is 0. The molecule has 9 nitrogen and oxygen atoms in total. The highest BCUT2D eigenvalue weighted by Gasteiger charge is 2.19. The van der Waals surface area contributed by atoms with Gasteiger partial charge < -0.3 is 14.7 Å². The van der Waals surface area contributed by atoms with Crippen molar-refractivity contribution in [3.63, 3.8) is 0 Å². The molecule has 6 rings (SSSR count). The number of rotatable bonds is 3. The maximum absolute atomic E-state index is 7.23. The van der Waals surface area contributed by atoms with Crippen molar-refractivity contribution in [2.75, 3.05) is 0 Å². The van der Waals surface area contributed by atoms with Crippen LogP contribution in [-0.4, -0.2) is 44.6 Å². The van der Waals surface area contributed by atoms with Gasteiger partial charge in [-0.05, 0) is 102 Å². The SMILES string of the molecule is CC(C)(C)c1ccc(-c2ccc(C(C)(C)C)cn2)nc1.CC(C)(C)c1ccc(-c2ccc(C(C)(C)C)cn2)nc1.CC(C)(C)c1ccc(-c2ccc(C(C)(C)C)cn2)nc1.OP(O)O. The first-order chi connectivity index (χ1) is 29.3. The van der Waals surface area contributed by atoms with E-state index < -0.39 is 8.60 Å². The molecular weight excluding hydrogens is 812 g/mol. The summed E-state index contributed by atoms with van der Waals surface area (Å²) in [6, 6.07) is 25.2. The lowest BCUT2D eigenvalue weighted by Crippen LogP contribution is -2.12. The van der Waals surface area contributed by atoms with E-state index in [-0.39, 0.29) is 32.5 Å². The molecule has 6 aromatic heterocycles. The largest absolute Gasteiger partial charge is 0.328 e. The fourth-order valence-corrected chi connectivity index (χ4v) is 5.93. The van der Waals surface area contributed by atoms with Gasteiger partial charge in [-0.1, -0.05) is 161 Å². The van der Waals surface area contributed by atoms with Gasteiger partial charge in [-0.3, -0.25) is 29.9 Å². The molecule has 0 amide bonds. The monoisotopic (exact) mass is 887 g/mol. The van der Waals surface area contributed by atoms with Gasteiger partial charge >= 0.3 is 8.60 Å². The van der Waals surface area contributed by atoms with Gasteiger partial charge in [0.25, 0.3) is 0 Å². The van der Waals surface area contributed by atoms with Crippen LogP contribution >= 0.6 is 8.60 Å². The molecule has 0 saturated carbocycles. The van der Waals surface area contributed by atoms with Gasteiger partial charge in [0, 0.05) is 37.2 Å². The Bertz CT molecular complexity index is 1870. The van der Waals surface area contributed by atoms with Crippen molar-refractivity contribution >= 4 is 8.60 Å².